The fraction of sp³-hybridized carbons (Fsp3) is 0.643. The summed E-state index contributed by atoms with van der Waals surface area (Å²) in [7, 11) is 0. The van der Waals surface area contributed by atoms with Gasteiger partial charge in [-0.25, -0.2) is 14.4 Å². The first-order valence-electron chi connectivity index (χ1n) is 6.72. The zero-order chi connectivity index (χ0) is 14.8. The Morgan fingerprint density at radius 3 is 2.40 bits per heavy atom. The van der Waals surface area contributed by atoms with Gasteiger partial charge in [0, 0.05) is 12.5 Å². The molecule has 0 aromatic carbocycles. The van der Waals surface area contributed by atoms with Crippen LogP contribution in [0.25, 0.3) is 0 Å². The molecule has 0 fully saturated rings. The quantitative estimate of drug-likeness (QED) is 0.449. The van der Waals surface area contributed by atoms with E-state index in [-0.39, 0.29) is 0 Å². The molecule has 0 bridgehead atoms. The van der Waals surface area contributed by atoms with Crippen molar-refractivity contribution in [3.05, 3.63) is 11.6 Å². The molecule has 0 atom stereocenters. The summed E-state index contributed by atoms with van der Waals surface area (Å²) in [6.45, 7) is 1.23. The third kappa shape index (κ3) is 5.31. The van der Waals surface area contributed by atoms with Gasteiger partial charge in [-0.2, -0.15) is 0 Å². The number of carbonyl (C=O) groups excluding carboxylic acids is 3. The van der Waals surface area contributed by atoms with Gasteiger partial charge in [0.2, 0.25) is 12.2 Å². The van der Waals surface area contributed by atoms with Gasteiger partial charge in [-0.15, -0.1) is 9.98 Å². The minimum atomic E-state index is -1.88. The standard InChI is InChI=1S/C14H18N2O4/c1-14(15-10-17,16-11-18)20-13(19)12-8-6-4-2-3-5-7-9-12/h8H,2-7,9H2,1H3. The minimum absolute atomic E-state index is 0.542. The second-order valence-corrected chi connectivity index (χ2v) is 4.77. The lowest BCUT2D eigenvalue weighted by Crippen LogP contribution is -2.28. The molecular weight excluding hydrogens is 260 g/mol. The molecule has 6 nitrogen and oxygen atoms in total. The Bertz CT molecular complexity index is 454. The Morgan fingerprint density at radius 1 is 1.15 bits per heavy atom. The number of isocyanates is 2. The van der Waals surface area contributed by atoms with Crippen molar-refractivity contribution in [3.63, 3.8) is 0 Å². The van der Waals surface area contributed by atoms with E-state index in [9.17, 15) is 14.4 Å². The van der Waals surface area contributed by atoms with E-state index in [4.69, 9.17) is 4.74 Å². The van der Waals surface area contributed by atoms with Crippen molar-refractivity contribution in [1.82, 2.24) is 0 Å². The van der Waals surface area contributed by atoms with Gasteiger partial charge in [0.15, 0.2) is 0 Å². The molecule has 1 aliphatic rings. The number of carbonyl (C=O) groups is 1. The normalized spacial score (nSPS) is 18.8. The largest absolute Gasteiger partial charge is 0.412 e. The predicted octanol–water partition coefficient (Wildman–Crippen LogP) is 2.55. The molecule has 0 unspecified atom stereocenters. The van der Waals surface area contributed by atoms with Gasteiger partial charge in [0.25, 0.3) is 0 Å². The Morgan fingerprint density at radius 2 is 1.75 bits per heavy atom. The van der Waals surface area contributed by atoms with Crippen molar-refractivity contribution >= 4 is 18.1 Å². The molecule has 0 radical (unpaired) electrons. The van der Waals surface area contributed by atoms with Crippen LogP contribution in [0.2, 0.25) is 0 Å². The Kier molecular flexibility index (Phi) is 6.57. The molecule has 6 heteroatoms. The van der Waals surface area contributed by atoms with Crippen molar-refractivity contribution < 1.29 is 19.1 Å². The zero-order valence-electron chi connectivity index (χ0n) is 11.6. The van der Waals surface area contributed by atoms with Crippen LogP contribution in [0.1, 0.15) is 51.9 Å². The molecule has 0 spiro atoms. The molecule has 0 aromatic rings. The number of esters is 1. The molecule has 0 aliphatic heterocycles. The number of rotatable bonds is 4. The maximum Gasteiger partial charge on any atom is 0.337 e. The topological polar surface area (TPSA) is 85.2 Å². The molecule has 0 saturated carbocycles. The Balaban J connectivity index is 2.80. The number of nitrogens with zero attached hydrogens (tertiary/aromatic N) is 2. The number of allylic oxidation sites excluding steroid dienone is 1. The van der Waals surface area contributed by atoms with Gasteiger partial charge in [-0.3, -0.25) is 0 Å². The van der Waals surface area contributed by atoms with Gasteiger partial charge in [-0.05, 0) is 25.7 Å². The monoisotopic (exact) mass is 278 g/mol. The molecule has 0 aromatic heterocycles. The molecule has 0 heterocycles. The van der Waals surface area contributed by atoms with Crippen molar-refractivity contribution in [2.45, 2.75) is 57.7 Å². The maximum absolute atomic E-state index is 12.1. The van der Waals surface area contributed by atoms with Crippen LogP contribution in [0.3, 0.4) is 0 Å². The summed E-state index contributed by atoms with van der Waals surface area (Å²) >= 11 is 0. The molecule has 1 rings (SSSR count). The smallest absolute Gasteiger partial charge is 0.337 e. The third-order valence-electron chi connectivity index (χ3n) is 3.10. The Hall–Kier alpha value is -2.03. The van der Waals surface area contributed by atoms with Gasteiger partial charge < -0.3 is 4.74 Å². The van der Waals surface area contributed by atoms with Gasteiger partial charge in [0.05, 0.1) is 0 Å². The highest BCUT2D eigenvalue weighted by Crippen LogP contribution is 2.21. The summed E-state index contributed by atoms with van der Waals surface area (Å²) in [4.78, 5) is 39.2. The summed E-state index contributed by atoms with van der Waals surface area (Å²) in [5, 5.41) is 0. The fourth-order valence-electron chi connectivity index (χ4n) is 2.04. The van der Waals surface area contributed by atoms with Gasteiger partial charge in [0.1, 0.15) is 0 Å². The summed E-state index contributed by atoms with van der Waals surface area (Å²) in [6.07, 6.45) is 11.1. The highest BCUT2D eigenvalue weighted by Gasteiger charge is 2.29. The molecule has 0 saturated heterocycles. The molecule has 108 valence electrons. The van der Waals surface area contributed by atoms with Crippen LogP contribution in [-0.2, 0) is 19.1 Å². The maximum atomic E-state index is 12.1. The first kappa shape index (κ1) is 16.0. The van der Waals surface area contributed by atoms with Crippen LogP contribution in [0.4, 0.5) is 0 Å². The van der Waals surface area contributed by atoms with E-state index in [1.54, 1.807) is 0 Å². The van der Waals surface area contributed by atoms with E-state index < -0.39 is 11.8 Å². The SMILES string of the molecule is CC(N=C=O)(N=C=O)OC(=O)C1=CCCCCCCC1. The van der Waals surface area contributed by atoms with Gasteiger partial charge in [-0.1, -0.05) is 25.3 Å². The van der Waals surface area contributed by atoms with E-state index >= 15 is 0 Å². The second-order valence-electron chi connectivity index (χ2n) is 4.77. The number of ether oxygens (including phenoxy) is 1. The van der Waals surface area contributed by atoms with E-state index in [2.05, 4.69) is 9.98 Å². The molecule has 1 aliphatic carbocycles. The van der Waals surface area contributed by atoms with Crippen molar-refractivity contribution in [2.75, 3.05) is 0 Å². The van der Waals surface area contributed by atoms with E-state index in [0.29, 0.717) is 12.0 Å². The van der Waals surface area contributed by atoms with Crippen LogP contribution in [-0.4, -0.2) is 24.0 Å². The average Bonchev–Trinajstić information content (AvgIpc) is 2.52. The number of hydrogen-bond acceptors (Lipinski definition) is 6. The minimum Gasteiger partial charge on any atom is -0.412 e. The fourth-order valence-corrected chi connectivity index (χ4v) is 2.04. The first-order valence-corrected chi connectivity index (χ1v) is 6.72. The van der Waals surface area contributed by atoms with Crippen LogP contribution >= 0.6 is 0 Å². The highest BCUT2D eigenvalue weighted by atomic mass is 16.6. The van der Waals surface area contributed by atoms with E-state index in [1.807, 2.05) is 6.08 Å². The second kappa shape index (κ2) is 8.20. The summed E-state index contributed by atoms with van der Waals surface area (Å²) in [5.41, 5.74) is 0.542. The molecule has 0 N–H and O–H groups in total. The van der Waals surface area contributed by atoms with Crippen molar-refractivity contribution in [3.8, 4) is 0 Å². The summed E-state index contributed by atoms with van der Waals surface area (Å²) < 4.78 is 5.03. The van der Waals surface area contributed by atoms with Crippen molar-refractivity contribution in [2.24, 2.45) is 9.98 Å². The lowest BCUT2D eigenvalue weighted by atomic mass is 10.1. The summed E-state index contributed by atoms with van der Waals surface area (Å²) in [6, 6.07) is 0. The third-order valence-corrected chi connectivity index (χ3v) is 3.10. The number of hydrogen-bond donors (Lipinski definition) is 0. The number of aliphatic imine (C=N–C) groups is 2. The van der Waals surface area contributed by atoms with E-state index in [0.717, 1.165) is 32.1 Å². The predicted molar refractivity (Wildman–Crippen MR) is 71.1 cm³/mol. The lowest BCUT2D eigenvalue weighted by Gasteiger charge is -2.18. The van der Waals surface area contributed by atoms with Gasteiger partial charge >= 0.3 is 11.8 Å². The zero-order valence-corrected chi connectivity index (χ0v) is 11.6. The highest BCUT2D eigenvalue weighted by molar-refractivity contribution is 5.88. The van der Waals surface area contributed by atoms with Crippen LogP contribution in [0, 0.1) is 0 Å². The average molecular weight is 278 g/mol. The van der Waals surface area contributed by atoms with Crippen molar-refractivity contribution in [1.29, 1.82) is 0 Å². The lowest BCUT2D eigenvalue weighted by molar-refractivity contribution is -0.151. The molecule has 20 heavy (non-hydrogen) atoms. The molecular formula is C14H18N2O4. The van der Waals surface area contributed by atoms with Crippen LogP contribution in [0.5, 0.6) is 0 Å². The van der Waals surface area contributed by atoms with Crippen LogP contribution < -0.4 is 0 Å². The van der Waals surface area contributed by atoms with E-state index in [1.165, 1.54) is 25.5 Å². The first-order chi connectivity index (χ1) is 9.61. The Labute approximate surface area is 117 Å². The molecule has 0 amide bonds. The summed E-state index contributed by atoms with van der Waals surface area (Å²) in [5.74, 6) is -2.48. The van der Waals surface area contributed by atoms with Crippen LogP contribution in [0.15, 0.2) is 21.6 Å².